The van der Waals surface area contributed by atoms with E-state index in [0.29, 0.717) is 13.1 Å². The van der Waals surface area contributed by atoms with Gasteiger partial charge in [-0.05, 0) is 61.7 Å². The highest BCUT2D eigenvalue weighted by Crippen LogP contribution is 2.25. The summed E-state index contributed by atoms with van der Waals surface area (Å²) in [7, 11) is 4.02. The Bertz CT molecular complexity index is 953. The van der Waals surface area contributed by atoms with Crippen molar-refractivity contribution in [1.82, 2.24) is 4.90 Å². The number of hydrogen-bond donors (Lipinski definition) is 0. The molecule has 0 aliphatic rings. The van der Waals surface area contributed by atoms with E-state index >= 15 is 0 Å². The van der Waals surface area contributed by atoms with Gasteiger partial charge >= 0.3 is 0 Å². The van der Waals surface area contributed by atoms with E-state index in [-0.39, 0.29) is 12.5 Å². The van der Waals surface area contributed by atoms with E-state index < -0.39 is 0 Å². The number of hydrogen-bond acceptors (Lipinski definition) is 4. The number of amides is 1. The fourth-order valence-electron chi connectivity index (χ4n) is 3.56. The van der Waals surface area contributed by atoms with Crippen LogP contribution in [0.4, 0.5) is 5.69 Å². The molecule has 2 aromatic carbocycles. The van der Waals surface area contributed by atoms with Crippen molar-refractivity contribution in [3.8, 4) is 5.75 Å². The standard InChI is InChI=1S/C25H30N2O3/c1-18-13-19(2)25(20(3)14-18)30-17-24(28)27(16-23-7-6-12-29-23)15-21-8-10-22(11-9-21)26(4)5/h6-14H,15-17H2,1-5H3. The average Bonchev–Trinajstić information content (AvgIpc) is 3.20. The van der Waals surface area contributed by atoms with Crippen LogP contribution < -0.4 is 9.64 Å². The van der Waals surface area contributed by atoms with Gasteiger partial charge in [-0.3, -0.25) is 4.79 Å². The van der Waals surface area contributed by atoms with E-state index in [2.05, 4.69) is 36.1 Å². The maximum Gasteiger partial charge on any atom is 0.261 e. The fraction of sp³-hybridized carbons (Fsp3) is 0.320. The van der Waals surface area contributed by atoms with E-state index in [1.165, 1.54) is 5.56 Å². The van der Waals surface area contributed by atoms with Crippen molar-refractivity contribution in [2.24, 2.45) is 0 Å². The third-order valence-electron chi connectivity index (χ3n) is 5.05. The lowest BCUT2D eigenvalue weighted by atomic mass is 10.1. The number of carbonyl (C=O) groups excluding carboxylic acids is 1. The summed E-state index contributed by atoms with van der Waals surface area (Å²) < 4.78 is 11.4. The largest absolute Gasteiger partial charge is 0.483 e. The second-order valence-corrected chi connectivity index (χ2v) is 7.91. The normalized spacial score (nSPS) is 10.7. The molecule has 1 heterocycles. The zero-order chi connectivity index (χ0) is 21.7. The van der Waals surface area contributed by atoms with Gasteiger partial charge in [0, 0.05) is 26.3 Å². The Labute approximate surface area is 178 Å². The van der Waals surface area contributed by atoms with Crippen LogP contribution in [0.2, 0.25) is 0 Å². The van der Waals surface area contributed by atoms with Crippen LogP contribution in [0.15, 0.2) is 59.2 Å². The molecule has 0 N–H and O–H groups in total. The van der Waals surface area contributed by atoms with Crippen LogP contribution in [-0.2, 0) is 17.9 Å². The lowest BCUT2D eigenvalue weighted by molar-refractivity contribution is -0.134. The number of furan rings is 1. The number of carbonyl (C=O) groups is 1. The van der Waals surface area contributed by atoms with Crippen molar-refractivity contribution in [3.05, 3.63) is 82.8 Å². The second-order valence-electron chi connectivity index (χ2n) is 7.91. The molecule has 0 spiro atoms. The molecule has 1 aromatic heterocycles. The molecule has 0 fully saturated rings. The highest BCUT2D eigenvalue weighted by Gasteiger charge is 2.18. The highest BCUT2D eigenvalue weighted by atomic mass is 16.5. The van der Waals surface area contributed by atoms with Gasteiger partial charge in [-0.2, -0.15) is 0 Å². The van der Waals surface area contributed by atoms with Gasteiger partial charge in [0.1, 0.15) is 11.5 Å². The Kier molecular flexibility index (Phi) is 6.83. The van der Waals surface area contributed by atoms with E-state index in [9.17, 15) is 4.79 Å². The number of anilines is 1. The van der Waals surface area contributed by atoms with E-state index in [1.807, 2.05) is 52.2 Å². The molecule has 0 saturated carbocycles. The predicted octanol–water partition coefficient (Wildman–Crippen LogP) is 4.88. The van der Waals surface area contributed by atoms with Crippen LogP contribution in [0.25, 0.3) is 0 Å². The maximum atomic E-state index is 13.1. The van der Waals surface area contributed by atoms with E-state index in [1.54, 1.807) is 11.2 Å². The topological polar surface area (TPSA) is 45.9 Å². The molecule has 30 heavy (non-hydrogen) atoms. The van der Waals surface area contributed by atoms with Crippen LogP contribution in [0, 0.1) is 20.8 Å². The molecule has 0 radical (unpaired) electrons. The van der Waals surface area contributed by atoms with Gasteiger partial charge < -0.3 is 19.0 Å². The molecule has 0 aliphatic heterocycles. The molecular weight excluding hydrogens is 376 g/mol. The first-order valence-corrected chi connectivity index (χ1v) is 10.1. The molecule has 3 aromatic rings. The van der Waals surface area contributed by atoms with Gasteiger partial charge in [0.15, 0.2) is 6.61 Å². The van der Waals surface area contributed by atoms with Gasteiger partial charge in [-0.1, -0.05) is 29.8 Å². The predicted molar refractivity (Wildman–Crippen MR) is 120 cm³/mol. The fourth-order valence-corrected chi connectivity index (χ4v) is 3.56. The lowest BCUT2D eigenvalue weighted by Crippen LogP contribution is -2.34. The Morgan fingerprint density at radius 2 is 1.63 bits per heavy atom. The summed E-state index contributed by atoms with van der Waals surface area (Å²) in [5.41, 5.74) is 5.44. The monoisotopic (exact) mass is 406 g/mol. The third kappa shape index (κ3) is 5.44. The number of benzene rings is 2. The second kappa shape index (κ2) is 9.53. The van der Waals surface area contributed by atoms with Crippen LogP contribution >= 0.6 is 0 Å². The molecule has 5 nitrogen and oxygen atoms in total. The Morgan fingerprint density at radius 3 is 2.20 bits per heavy atom. The van der Waals surface area contributed by atoms with Crippen molar-refractivity contribution in [2.75, 3.05) is 25.6 Å². The van der Waals surface area contributed by atoms with Crippen LogP contribution in [-0.4, -0.2) is 31.5 Å². The minimum atomic E-state index is -0.0811. The zero-order valence-electron chi connectivity index (χ0n) is 18.4. The minimum Gasteiger partial charge on any atom is -0.483 e. The molecule has 0 atom stereocenters. The Morgan fingerprint density at radius 1 is 0.967 bits per heavy atom. The van der Waals surface area contributed by atoms with Crippen molar-refractivity contribution >= 4 is 11.6 Å². The van der Waals surface area contributed by atoms with Gasteiger partial charge in [0.25, 0.3) is 5.91 Å². The quantitative estimate of drug-likeness (QED) is 0.535. The summed E-state index contributed by atoms with van der Waals surface area (Å²) in [4.78, 5) is 16.9. The summed E-state index contributed by atoms with van der Waals surface area (Å²) in [5.74, 6) is 1.45. The summed E-state index contributed by atoms with van der Waals surface area (Å²) in [6.45, 7) is 6.95. The molecule has 5 heteroatoms. The number of nitrogens with zero attached hydrogens (tertiary/aromatic N) is 2. The maximum absolute atomic E-state index is 13.1. The summed E-state index contributed by atoms with van der Waals surface area (Å²) >= 11 is 0. The SMILES string of the molecule is Cc1cc(C)c(OCC(=O)N(Cc2ccc(N(C)C)cc2)Cc2ccco2)c(C)c1. The molecule has 0 bridgehead atoms. The molecular formula is C25H30N2O3. The summed E-state index contributed by atoms with van der Waals surface area (Å²) in [6, 6.07) is 16.1. The van der Waals surface area contributed by atoms with Crippen LogP contribution in [0.1, 0.15) is 28.0 Å². The average molecular weight is 407 g/mol. The molecule has 158 valence electrons. The zero-order valence-corrected chi connectivity index (χ0v) is 18.4. The van der Waals surface area contributed by atoms with E-state index in [0.717, 1.165) is 33.9 Å². The third-order valence-corrected chi connectivity index (χ3v) is 5.05. The van der Waals surface area contributed by atoms with Crippen molar-refractivity contribution in [3.63, 3.8) is 0 Å². The Hall–Kier alpha value is -3.21. The molecule has 3 rings (SSSR count). The molecule has 0 unspecified atom stereocenters. The summed E-state index contributed by atoms with van der Waals surface area (Å²) in [6.07, 6.45) is 1.62. The highest BCUT2D eigenvalue weighted by molar-refractivity contribution is 5.78. The first kappa shape index (κ1) is 21.5. The van der Waals surface area contributed by atoms with Gasteiger partial charge in [0.2, 0.25) is 0 Å². The molecule has 0 saturated heterocycles. The first-order chi connectivity index (χ1) is 14.3. The smallest absolute Gasteiger partial charge is 0.261 e. The van der Waals surface area contributed by atoms with Crippen LogP contribution in [0.5, 0.6) is 5.75 Å². The van der Waals surface area contributed by atoms with Gasteiger partial charge in [-0.25, -0.2) is 0 Å². The van der Waals surface area contributed by atoms with Gasteiger partial charge in [0.05, 0.1) is 12.8 Å². The molecule has 1 amide bonds. The van der Waals surface area contributed by atoms with Crippen molar-refractivity contribution in [2.45, 2.75) is 33.9 Å². The lowest BCUT2D eigenvalue weighted by Gasteiger charge is -2.23. The van der Waals surface area contributed by atoms with Crippen molar-refractivity contribution < 1.29 is 13.9 Å². The van der Waals surface area contributed by atoms with Gasteiger partial charge in [-0.15, -0.1) is 0 Å². The van der Waals surface area contributed by atoms with E-state index in [4.69, 9.17) is 9.15 Å². The number of rotatable bonds is 8. The molecule has 0 aliphatic carbocycles. The summed E-state index contributed by atoms with van der Waals surface area (Å²) in [5, 5.41) is 0. The van der Waals surface area contributed by atoms with Crippen LogP contribution in [0.3, 0.4) is 0 Å². The Balaban J connectivity index is 1.73. The minimum absolute atomic E-state index is 0.0127. The van der Waals surface area contributed by atoms with Crippen molar-refractivity contribution in [1.29, 1.82) is 0 Å². The number of aryl methyl sites for hydroxylation is 3. The first-order valence-electron chi connectivity index (χ1n) is 10.1. The number of ether oxygens (including phenoxy) is 1.